The lowest BCUT2D eigenvalue weighted by Gasteiger charge is -2.30. The van der Waals surface area contributed by atoms with Gasteiger partial charge in [-0.25, -0.2) is 4.79 Å². The average Bonchev–Trinajstić information content (AvgIpc) is 3.00. The molecule has 0 atom stereocenters. The maximum Gasteiger partial charge on any atom is 0.333 e. The second kappa shape index (κ2) is 13.7. The Hall–Kier alpha value is -3.83. The first-order chi connectivity index (χ1) is 20.0. The lowest BCUT2D eigenvalue weighted by Crippen LogP contribution is -2.31. The SMILES string of the molecule is C=C(C)C(=O)OC1CCC(Nc2cccc3ccccc23)CC1.OC1CCC(Nc2cccc3ccccc23)CC1. The summed E-state index contributed by atoms with van der Waals surface area (Å²) in [5, 5.41) is 21.9. The number of aliphatic hydroxyl groups is 1. The van der Waals surface area contributed by atoms with E-state index in [1.54, 1.807) is 6.92 Å². The van der Waals surface area contributed by atoms with Gasteiger partial charge in [0.25, 0.3) is 0 Å². The minimum Gasteiger partial charge on any atom is -0.459 e. The van der Waals surface area contributed by atoms with E-state index < -0.39 is 0 Å². The number of ether oxygens (including phenoxy) is 1. The summed E-state index contributed by atoms with van der Waals surface area (Å²) in [4.78, 5) is 11.6. The van der Waals surface area contributed by atoms with Crippen molar-refractivity contribution in [2.24, 2.45) is 0 Å². The van der Waals surface area contributed by atoms with Gasteiger partial charge in [-0.2, -0.15) is 0 Å². The topological polar surface area (TPSA) is 70.6 Å². The maximum absolute atomic E-state index is 11.6. The van der Waals surface area contributed by atoms with Crippen LogP contribution in [0.2, 0.25) is 0 Å². The van der Waals surface area contributed by atoms with Crippen LogP contribution in [0.15, 0.2) is 97.1 Å². The lowest BCUT2D eigenvalue weighted by molar-refractivity contribution is -0.145. The molecule has 0 bridgehead atoms. The third-order valence-corrected chi connectivity index (χ3v) is 8.29. The van der Waals surface area contributed by atoms with Gasteiger partial charge in [0, 0.05) is 39.8 Å². The van der Waals surface area contributed by atoms with Crippen LogP contribution in [-0.4, -0.2) is 35.4 Å². The van der Waals surface area contributed by atoms with Gasteiger partial charge >= 0.3 is 5.97 Å². The van der Waals surface area contributed by atoms with E-state index in [2.05, 4.69) is 102 Å². The summed E-state index contributed by atoms with van der Waals surface area (Å²) in [5.41, 5.74) is 2.88. The van der Waals surface area contributed by atoms with Crippen LogP contribution in [0.1, 0.15) is 58.3 Å². The maximum atomic E-state index is 11.6. The number of nitrogens with one attached hydrogen (secondary N) is 2. The van der Waals surface area contributed by atoms with Crippen LogP contribution in [0.25, 0.3) is 21.5 Å². The van der Waals surface area contributed by atoms with Gasteiger partial charge in [-0.15, -0.1) is 0 Å². The van der Waals surface area contributed by atoms with Crippen molar-refractivity contribution in [3.63, 3.8) is 0 Å². The first kappa shape index (κ1) is 28.7. The summed E-state index contributed by atoms with van der Waals surface area (Å²) in [7, 11) is 0. The highest BCUT2D eigenvalue weighted by Gasteiger charge is 2.24. The molecule has 4 aromatic carbocycles. The monoisotopic (exact) mass is 550 g/mol. The molecule has 4 aromatic rings. The highest BCUT2D eigenvalue weighted by atomic mass is 16.5. The molecule has 5 nitrogen and oxygen atoms in total. The molecule has 0 aromatic heterocycles. The van der Waals surface area contributed by atoms with Crippen molar-refractivity contribution >= 4 is 38.9 Å². The normalized spacial score (nSPS) is 22.3. The third-order valence-electron chi connectivity index (χ3n) is 8.29. The number of esters is 1. The number of rotatable bonds is 6. The molecule has 214 valence electrons. The fourth-order valence-electron chi connectivity index (χ4n) is 5.94. The zero-order valence-corrected chi connectivity index (χ0v) is 24.0. The summed E-state index contributed by atoms with van der Waals surface area (Å²) in [6.45, 7) is 5.32. The standard InChI is InChI=1S/C20H23NO2.C16H19NO/c1-14(2)20(22)23-17-12-10-16(11-13-17)21-19-9-5-7-15-6-3-4-8-18(15)19;18-14-10-8-13(9-11-14)17-16-7-3-5-12-4-1-2-6-15(12)16/h3-9,16-17,21H,1,10-13H2,2H3;1-7,13-14,17-18H,8-11H2. The number of benzene rings is 4. The molecule has 0 aliphatic heterocycles. The van der Waals surface area contributed by atoms with Crippen LogP contribution >= 0.6 is 0 Å². The molecule has 0 radical (unpaired) electrons. The number of anilines is 2. The largest absolute Gasteiger partial charge is 0.459 e. The minimum absolute atomic E-state index is 0.0322. The van der Waals surface area contributed by atoms with Gasteiger partial charge in [0.2, 0.25) is 0 Å². The van der Waals surface area contributed by atoms with Gasteiger partial charge in [0.15, 0.2) is 0 Å². The summed E-state index contributed by atoms with van der Waals surface area (Å²) in [6, 6.07) is 30.6. The van der Waals surface area contributed by atoms with Crippen molar-refractivity contribution in [1.29, 1.82) is 0 Å². The fourth-order valence-corrected chi connectivity index (χ4v) is 5.94. The number of carbonyl (C=O) groups excluding carboxylic acids is 1. The Balaban J connectivity index is 0.000000169. The van der Waals surface area contributed by atoms with Crippen molar-refractivity contribution in [2.75, 3.05) is 10.6 Å². The summed E-state index contributed by atoms with van der Waals surface area (Å²) >= 11 is 0. The zero-order chi connectivity index (χ0) is 28.6. The zero-order valence-electron chi connectivity index (χ0n) is 24.0. The van der Waals surface area contributed by atoms with Crippen LogP contribution in [0, 0.1) is 0 Å². The molecular weight excluding hydrogens is 508 g/mol. The third kappa shape index (κ3) is 7.68. The van der Waals surface area contributed by atoms with Gasteiger partial charge in [0.1, 0.15) is 6.10 Å². The predicted octanol–water partition coefficient (Wildman–Crippen LogP) is 8.24. The van der Waals surface area contributed by atoms with Gasteiger partial charge < -0.3 is 20.5 Å². The molecule has 41 heavy (non-hydrogen) atoms. The molecule has 0 unspecified atom stereocenters. The Bertz CT molecular complexity index is 1460. The Labute approximate surface area is 243 Å². The summed E-state index contributed by atoms with van der Waals surface area (Å²) in [6.07, 6.45) is 7.73. The molecule has 6 rings (SSSR count). The van der Waals surface area contributed by atoms with Crippen LogP contribution < -0.4 is 10.6 Å². The van der Waals surface area contributed by atoms with E-state index in [0.29, 0.717) is 17.7 Å². The van der Waals surface area contributed by atoms with Crippen LogP contribution in [0.3, 0.4) is 0 Å². The smallest absolute Gasteiger partial charge is 0.333 e. The molecule has 0 amide bonds. The van der Waals surface area contributed by atoms with E-state index in [1.807, 2.05) is 0 Å². The van der Waals surface area contributed by atoms with E-state index in [-0.39, 0.29) is 18.2 Å². The molecule has 0 spiro atoms. The average molecular weight is 551 g/mol. The quantitative estimate of drug-likeness (QED) is 0.167. The van der Waals surface area contributed by atoms with Gasteiger partial charge in [-0.05, 0) is 81.2 Å². The van der Waals surface area contributed by atoms with Crippen molar-refractivity contribution in [3.8, 4) is 0 Å². The molecule has 0 heterocycles. The number of hydrogen-bond acceptors (Lipinski definition) is 5. The van der Waals surface area contributed by atoms with Gasteiger partial charge in [-0.1, -0.05) is 79.4 Å². The molecular formula is C36H42N2O3. The molecule has 5 heteroatoms. The second-order valence-electron chi connectivity index (χ2n) is 11.5. The van der Waals surface area contributed by atoms with Gasteiger partial charge in [0.05, 0.1) is 6.10 Å². The van der Waals surface area contributed by atoms with Crippen molar-refractivity contribution < 1.29 is 14.6 Å². The first-order valence-electron chi connectivity index (χ1n) is 15.0. The Morgan fingerprint density at radius 1 is 0.683 bits per heavy atom. The van der Waals surface area contributed by atoms with E-state index >= 15 is 0 Å². The molecule has 2 saturated carbocycles. The summed E-state index contributed by atoms with van der Waals surface area (Å²) in [5.74, 6) is -0.268. The van der Waals surface area contributed by atoms with Crippen LogP contribution in [0.4, 0.5) is 11.4 Å². The van der Waals surface area contributed by atoms with E-state index in [9.17, 15) is 9.90 Å². The second-order valence-corrected chi connectivity index (χ2v) is 11.5. The van der Waals surface area contributed by atoms with Crippen molar-refractivity contribution in [1.82, 2.24) is 0 Å². The number of aliphatic hydroxyl groups excluding tert-OH is 1. The highest BCUT2D eigenvalue weighted by Crippen LogP contribution is 2.29. The van der Waals surface area contributed by atoms with Crippen LogP contribution in [0.5, 0.6) is 0 Å². The molecule has 0 saturated heterocycles. The van der Waals surface area contributed by atoms with E-state index in [1.165, 1.54) is 32.9 Å². The molecule has 2 aliphatic carbocycles. The van der Waals surface area contributed by atoms with Crippen molar-refractivity contribution in [2.45, 2.75) is 82.6 Å². The minimum atomic E-state index is -0.268. The van der Waals surface area contributed by atoms with E-state index in [0.717, 1.165) is 51.4 Å². The molecule has 2 aliphatic rings. The van der Waals surface area contributed by atoms with Crippen molar-refractivity contribution in [3.05, 3.63) is 97.1 Å². The molecule has 2 fully saturated rings. The highest BCUT2D eigenvalue weighted by molar-refractivity contribution is 5.94. The van der Waals surface area contributed by atoms with Gasteiger partial charge in [-0.3, -0.25) is 0 Å². The lowest BCUT2D eigenvalue weighted by atomic mass is 9.92. The molecule has 3 N–H and O–H groups in total. The summed E-state index contributed by atoms with van der Waals surface area (Å²) < 4.78 is 5.46. The fraction of sp³-hybridized carbons (Fsp3) is 0.361. The number of hydrogen-bond donors (Lipinski definition) is 3. The number of carbonyl (C=O) groups is 1. The Kier molecular flexibility index (Phi) is 9.58. The first-order valence-corrected chi connectivity index (χ1v) is 15.0. The predicted molar refractivity (Wildman–Crippen MR) is 170 cm³/mol. The Morgan fingerprint density at radius 3 is 1.61 bits per heavy atom. The Morgan fingerprint density at radius 2 is 1.12 bits per heavy atom. The van der Waals surface area contributed by atoms with E-state index in [4.69, 9.17) is 4.74 Å². The number of fused-ring (bicyclic) bond motifs is 2. The van der Waals surface area contributed by atoms with Crippen LogP contribution in [-0.2, 0) is 9.53 Å².